The first-order valence-electron chi connectivity index (χ1n) is 9.87. The third kappa shape index (κ3) is 3.23. The first-order valence-corrected chi connectivity index (χ1v) is 9.87. The molecule has 3 nitrogen and oxygen atoms in total. The fraction of sp³-hybridized carbons (Fsp3) is 0.435. The van der Waals surface area contributed by atoms with Gasteiger partial charge in [-0.1, -0.05) is 73.9 Å². The molecule has 1 aliphatic carbocycles. The van der Waals surface area contributed by atoms with Gasteiger partial charge in [-0.05, 0) is 41.9 Å². The number of guanidine groups is 1. The van der Waals surface area contributed by atoms with Gasteiger partial charge < -0.3 is 10.6 Å². The van der Waals surface area contributed by atoms with Crippen molar-refractivity contribution < 1.29 is 0 Å². The minimum absolute atomic E-state index is 0.175. The molecule has 0 saturated heterocycles. The second-order valence-electron chi connectivity index (χ2n) is 7.95. The maximum absolute atomic E-state index is 6.24. The van der Waals surface area contributed by atoms with Crippen LogP contribution in [0, 0.1) is 5.92 Å². The van der Waals surface area contributed by atoms with E-state index in [-0.39, 0.29) is 5.54 Å². The van der Waals surface area contributed by atoms with Crippen molar-refractivity contribution in [1.82, 2.24) is 4.90 Å². The molecular formula is C23H29N3. The van der Waals surface area contributed by atoms with E-state index in [1.54, 1.807) is 0 Å². The van der Waals surface area contributed by atoms with Crippen LogP contribution in [0.3, 0.4) is 0 Å². The number of benzene rings is 2. The van der Waals surface area contributed by atoms with Crippen molar-refractivity contribution in [3.8, 4) is 0 Å². The van der Waals surface area contributed by atoms with Gasteiger partial charge in [0.2, 0.25) is 0 Å². The lowest BCUT2D eigenvalue weighted by molar-refractivity contribution is 0.198. The van der Waals surface area contributed by atoms with Crippen LogP contribution in [0.5, 0.6) is 0 Å². The molecule has 0 radical (unpaired) electrons. The third-order valence-corrected chi connectivity index (χ3v) is 6.14. The zero-order valence-corrected chi connectivity index (χ0v) is 15.7. The van der Waals surface area contributed by atoms with E-state index < -0.39 is 0 Å². The van der Waals surface area contributed by atoms with Crippen molar-refractivity contribution in [3.63, 3.8) is 0 Å². The molecule has 2 aromatic rings. The van der Waals surface area contributed by atoms with E-state index in [4.69, 9.17) is 10.7 Å². The number of nitrogens with zero attached hydrogens (tertiary/aromatic N) is 2. The van der Waals surface area contributed by atoms with Crippen LogP contribution < -0.4 is 5.73 Å². The first-order chi connectivity index (χ1) is 12.7. The molecule has 0 spiro atoms. The monoisotopic (exact) mass is 347 g/mol. The highest BCUT2D eigenvalue weighted by molar-refractivity contribution is 5.80. The van der Waals surface area contributed by atoms with Gasteiger partial charge in [-0.3, -0.25) is 0 Å². The van der Waals surface area contributed by atoms with Crippen LogP contribution in [0.1, 0.15) is 48.8 Å². The molecule has 1 heterocycles. The molecule has 3 heteroatoms. The van der Waals surface area contributed by atoms with E-state index in [0.717, 1.165) is 13.0 Å². The molecule has 2 aromatic carbocycles. The smallest absolute Gasteiger partial charge is 0.192 e. The summed E-state index contributed by atoms with van der Waals surface area (Å²) in [5.41, 5.74) is 10.1. The second kappa shape index (κ2) is 7.14. The van der Waals surface area contributed by atoms with Crippen molar-refractivity contribution in [2.24, 2.45) is 16.6 Å². The van der Waals surface area contributed by atoms with E-state index in [1.807, 2.05) is 0 Å². The Morgan fingerprint density at radius 1 is 1.00 bits per heavy atom. The molecule has 4 rings (SSSR count). The summed E-state index contributed by atoms with van der Waals surface area (Å²) in [6, 6.07) is 19.8. The molecule has 0 amide bonds. The third-order valence-electron chi connectivity index (χ3n) is 6.14. The summed E-state index contributed by atoms with van der Waals surface area (Å²) in [7, 11) is 2.07. The zero-order chi connectivity index (χ0) is 18.0. The molecule has 26 heavy (non-hydrogen) atoms. The number of hydrogen-bond donors (Lipinski definition) is 1. The van der Waals surface area contributed by atoms with E-state index in [0.29, 0.717) is 11.9 Å². The molecule has 2 N–H and O–H groups in total. The molecule has 0 bridgehead atoms. The zero-order valence-electron chi connectivity index (χ0n) is 15.7. The average molecular weight is 348 g/mol. The fourth-order valence-electron chi connectivity index (χ4n) is 4.74. The maximum atomic E-state index is 6.24. The summed E-state index contributed by atoms with van der Waals surface area (Å²) in [5.74, 6) is 1.27. The number of rotatable bonds is 4. The molecule has 1 fully saturated rings. The van der Waals surface area contributed by atoms with Crippen LogP contribution in [0.15, 0.2) is 59.6 Å². The Labute approximate surface area is 156 Å². The Kier molecular flexibility index (Phi) is 4.71. The molecule has 1 atom stereocenters. The van der Waals surface area contributed by atoms with Gasteiger partial charge in [-0.25, -0.2) is 4.99 Å². The highest BCUT2D eigenvalue weighted by Gasteiger charge is 2.45. The van der Waals surface area contributed by atoms with Gasteiger partial charge in [-0.15, -0.1) is 0 Å². The van der Waals surface area contributed by atoms with Crippen molar-refractivity contribution >= 4 is 5.96 Å². The van der Waals surface area contributed by atoms with Gasteiger partial charge in [0.1, 0.15) is 5.54 Å². The lowest BCUT2D eigenvalue weighted by atomic mass is 9.71. The van der Waals surface area contributed by atoms with Crippen molar-refractivity contribution in [2.75, 3.05) is 13.6 Å². The van der Waals surface area contributed by atoms with Gasteiger partial charge >= 0.3 is 0 Å². The highest BCUT2D eigenvalue weighted by Crippen LogP contribution is 2.45. The summed E-state index contributed by atoms with van der Waals surface area (Å²) >= 11 is 0. The van der Waals surface area contributed by atoms with Crippen LogP contribution in [0.4, 0.5) is 0 Å². The Balaban J connectivity index is 1.69. The minimum atomic E-state index is -0.175. The van der Waals surface area contributed by atoms with Gasteiger partial charge in [0.05, 0.1) is 6.54 Å². The van der Waals surface area contributed by atoms with E-state index in [1.165, 1.54) is 48.8 Å². The van der Waals surface area contributed by atoms with E-state index >= 15 is 0 Å². The average Bonchev–Trinajstić information content (AvgIpc) is 2.99. The Morgan fingerprint density at radius 3 is 2.42 bits per heavy atom. The van der Waals surface area contributed by atoms with Crippen molar-refractivity contribution in [2.45, 2.75) is 44.1 Å². The Morgan fingerprint density at radius 2 is 1.73 bits per heavy atom. The summed E-state index contributed by atoms with van der Waals surface area (Å²) in [6.45, 7) is 0.901. The number of likely N-dealkylation sites (N-methyl/N-ethyl adjacent to an activating group) is 1. The first kappa shape index (κ1) is 17.1. The van der Waals surface area contributed by atoms with Gasteiger partial charge in [0.15, 0.2) is 5.96 Å². The summed E-state index contributed by atoms with van der Waals surface area (Å²) in [4.78, 5) is 7.19. The quantitative estimate of drug-likeness (QED) is 0.895. The van der Waals surface area contributed by atoms with Crippen LogP contribution in [-0.4, -0.2) is 24.5 Å². The highest BCUT2D eigenvalue weighted by atomic mass is 15.3. The molecule has 2 aliphatic rings. The lowest BCUT2D eigenvalue weighted by Crippen LogP contribution is -2.40. The molecule has 136 valence electrons. The predicted octanol–water partition coefficient (Wildman–Crippen LogP) is 4.31. The fourth-order valence-corrected chi connectivity index (χ4v) is 4.74. The SMILES string of the molecule is CN1CC(c2cccc(Cc3ccccc3)c2)(C2CCCCC2)N=C1N. The molecule has 0 aromatic heterocycles. The van der Waals surface area contributed by atoms with Crippen LogP contribution in [0.2, 0.25) is 0 Å². The number of aliphatic imine (C=N–C) groups is 1. The summed E-state index contributed by atoms with van der Waals surface area (Å²) in [6.07, 6.45) is 7.46. The lowest BCUT2D eigenvalue weighted by Gasteiger charge is -2.38. The van der Waals surface area contributed by atoms with Crippen molar-refractivity contribution in [3.05, 3.63) is 71.3 Å². The normalized spacial score (nSPS) is 23.9. The van der Waals surface area contributed by atoms with Crippen molar-refractivity contribution in [1.29, 1.82) is 0 Å². The van der Waals surface area contributed by atoms with Crippen LogP contribution in [0.25, 0.3) is 0 Å². The minimum Gasteiger partial charge on any atom is -0.370 e. The Bertz CT molecular complexity index is 777. The van der Waals surface area contributed by atoms with E-state index in [2.05, 4.69) is 66.5 Å². The second-order valence-corrected chi connectivity index (χ2v) is 7.95. The summed E-state index contributed by atoms with van der Waals surface area (Å²) < 4.78 is 0. The maximum Gasteiger partial charge on any atom is 0.192 e. The molecular weight excluding hydrogens is 318 g/mol. The van der Waals surface area contributed by atoms with Gasteiger partial charge in [0, 0.05) is 7.05 Å². The molecule has 1 unspecified atom stereocenters. The number of hydrogen-bond acceptors (Lipinski definition) is 3. The topological polar surface area (TPSA) is 41.6 Å². The molecule has 1 saturated carbocycles. The van der Waals surface area contributed by atoms with Crippen LogP contribution >= 0.6 is 0 Å². The van der Waals surface area contributed by atoms with Gasteiger partial charge in [-0.2, -0.15) is 0 Å². The van der Waals surface area contributed by atoms with Gasteiger partial charge in [0.25, 0.3) is 0 Å². The predicted molar refractivity (Wildman–Crippen MR) is 108 cm³/mol. The van der Waals surface area contributed by atoms with Crippen LogP contribution in [-0.2, 0) is 12.0 Å². The standard InChI is InChI=1S/C23H29N3/c1-26-17-23(25-22(26)24,20-12-6-3-7-13-20)21-14-8-11-19(16-21)15-18-9-4-2-5-10-18/h2,4-5,8-11,14,16,20H,3,6-7,12-13,15,17H2,1H3,(H2,24,25). The summed E-state index contributed by atoms with van der Waals surface area (Å²) in [5, 5.41) is 0. The van der Waals surface area contributed by atoms with E-state index in [9.17, 15) is 0 Å². The number of nitrogens with two attached hydrogens (primary N) is 1. The largest absolute Gasteiger partial charge is 0.370 e. The molecule has 1 aliphatic heterocycles. The Hall–Kier alpha value is -2.29.